The van der Waals surface area contributed by atoms with E-state index in [1.165, 1.54) is 0 Å². The van der Waals surface area contributed by atoms with Crippen molar-refractivity contribution in [1.29, 1.82) is 0 Å². The lowest BCUT2D eigenvalue weighted by Gasteiger charge is -2.38. The van der Waals surface area contributed by atoms with Crippen molar-refractivity contribution in [2.45, 2.75) is 6.10 Å². The highest BCUT2D eigenvalue weighted by molar-refractivity contribution is 5.94. The maximum Gasteiger partial charge on any atom is 0.254 e. The number of aromatic nitrogens is 1. The van der Waals surface area contributed by atoms with Gasteiger partial charge in [0.05, 0.1) is 25.7 Å². The van der Waals surface area contributed by atoms with Crippen LogP contribution in [0.1, 0.15) is 10.4 Å². The number of carbonyl (C=O) groups is 1. The number of nitrogens with zero attached hydrogens (tertiary/aromatic N) is 2. The lowest BCUT2D eigenvalue weighted by molar-refractivity contribution is 0.0161. The van der Waals surface area contributed by atoms with Crippen LogP contribution in [0.15, 0.2) is 60.7 Å². The highest BCUT2D eigenvalue weighted by Crippen LogP contribution is 2.22. The molecule has 1 aliphatic rings. The molecule has 0 radical (unpaired) electrons. The Labute approximate surface area is 145 Å². The average Bonchev–Trinajstić information content (AvgIpc) is 2.64. The quantitative estimate of drug-likeness (QED) is 0.735. The average molecular weight is 334 g/mol. The van der Waals surface area contributed by atoms with E-state index in [0.29, 0.717) is 24.5 Å². The Morgan fingerprint density at radius 2 is 1.80 bits per heavy atom. The number of methoxy groups -OCH3 is 1. The highest BCUT2D eigenvalue weighted by atomic mass is 16.5. The van der Waals surface area contributed by atoms with Crippen molar-refractivity contribution in [2.24, 2.45) is 0 Å². The number of pyridine rings is 1. The number of ether oxygens (including phenoxy) is 2. The summed E-state index contributed by atoms with van der Waals surface area (Å²) in [6.07, 6.45) is -0.0177. The maximum absolute atomic E-state index is 12.4. The van der Waals surface area contributed by atoms with Crippen molar-refractivity contribution >= 4 is 16.8 Å². The van der Waals surface area contributed by atoms with Gasteiger partial charge in [0.1, 0.15) is 11.9 Å². The van der Waals surface area contributed by atoms with Crippen LogP contribution in [0.3, 0.4) is 0 Å². The van der Waals surface area contributed by atoms with Crippen molar-refractivity contribution in [3.8, 4) is 11.6 Å². The molecule has 5 nitrogen and oxygen atoms in total. The maximum atomic E-state index is 12.4. The third-order valence-electron chi connectivity index (χ3n) is 4.33. The molecule has 0 atom stereocenters. The van der Waals surface area contributed by atoms with E-state index >= 15 is 0 Å². The molecule has 0 N–H and O–H groups in total. The summed E-state index contributed by atoms with van der Waals surface area (Å²) in [5.41, 5.74) is 1.56. The van der Waals surface area contributed by atoms with E-state index in [9.17, 15) is 4.79 Å². The van der Waals surface area contributed by atoms with E-state index in [1.807, 2.05) is 36.4 Å². The van der Waals surface area contributed by atoms with Crippen molar-refractivity contribution in [3.05, 3.63) is 66.2 Å². The lowest BCUT2D eigenvalue weighted by Crippen LogP contribution is -2.56. The number of benzene rings is 2. The van der Waals surface area contributed by atoms with Gasteiger partial charge in [0.15, 0.2) is 0 Å². The molecule has 1 saturated heterocycles. The third-order valence-corrected chi connectivity index (χ3v) is 4.33. The second-order valence-electron chi connectivity index (χ2n) is 6.02. The fourth-order valence-electron chi connectivity index (χ4n) is 2.88. The molecule has 25 heavy (non-hydrogen) atoms. The summed E-state index contributed by atoms with van der Waals surface area (Å²) in [5.74, 6) is 1.35. The zero-order valence-corrected chi connectivity index (χ0v) is 13.9. The van der Waals surface area contributed by atoms with Crippen LogP contribution >= 0.6 is 0 Å². The Balaban J connectivity index is 1.36. The van der Waals surface area contributed by atoms with Gasteiger partial charge in [-0.15, -0.1) is 0 Å². The van der Waals surface area contributed by atoms with Gasteiger partial charge < -0.3 is 14.4 Å². The molecule has 126 valence electrons. The summed E-state index contributed by atoms with van der Waals surface area (Å²) in [7, 11) is 1.61. The van der Waals surface area contributed by atoms with Gasteiger partial charge >= 0.3 is 0 Å². The minimum atomic E-state index is -0.0177. The van der Waals surface area contributed by atoms with Gasteiger partial charge in [-0.25, -0.2) is 4.98 Å². The molecule has 0 bridgehead atoms. The molecule has 0 aliphatic carbocycles. The molecule has 1 aromatic heterocycles. The number of rotatable bonds is 4. The SMILES string of the molecule is COc1ccc(C(=O)N2CC(Oc3ccc4ccccc4n3)C2)cc1. The zero-order chi connectivity index (χ0) is 17.2. The fraction of sp³-hybridized carbons (Fsp3) is 0.200. The van der Waals surface area contributed by atoms with Crippen LogP contribution < -0.4 is 9.47 Å². The van der Waals surface area contributed by atoms with Crippen molar-refractivity contribution in [3.63, 3.8) is 0 Å². The highest BCUT2D eigenvalue weighted by Gasteiger charge is 2.33. The third kappa shape index (κ3) is 3.13. The van der Waals surface area contributed by atoms with Crippen LogP contribution in [0, 0.1) is 0 Å². The summed E-state index contributed by atoms with van der Waals surface area (Å²) in [5, 5.41) is 1.08. The van der Waals surface area contributed by atoms with E-state index in [4.69, 9.17) is 9.47 Å². The smallest absolute Gasteiger partial charge is 0.254 e. The molecule has 0 spiro atoms. The number of carbonyl (C=O) groups excluding carboxylic acids is 1. The van der Waals surface area contributed by atoms with Gasteiger partial charge in [-0.05, 0) is 36.4 Å². The molecule has 1 amide bonds. The van der Waals surface area contributed by atoms with E-state index in [1.54, 1.807) is 36.3 Å². The van der Waals surface area contributed by atoms with Crippen LogP contribution in [-0.2, 0) is 0 Å². The fourth-order valence-corrected chi connectivity index (χ4v) is 2.88. The molecule has 0 saturated carbocycles. The standard InChI is InChI=1S/C20H18N2O3/c1-24-16-9-6-15(7-10-16)20(23)22-12-17(13-22)25-19-11-8-14-4-2-3-5-18(14)21-19/h2-11,17H,12-13H2,1H3. The van der Waals surface area contributed by atoms with Crippen molar-refractivity contribution in [2.75, 3.05) is 20.2 Å². The summed E-state index contributed by atoms with van der Waals surface area (Å²) >= 11 is 0. The molecular formula is C20H18N2O3. The molecular weight excluding hydrogens is 316 g/mol. The van der Waals surface area contributed by atoms with Crippen LogP contribution in [0.4, 0.5) is 0 Å². The Bertz CT molecular complexity index is 902. The zero-order valence-electron chi connectivity index (χ0n) is 13.9. The molecule has 4 rings (SSSR count). The summed E-state index contributed by atoms with van der Waals surface area (Å²) in [6, 6.07) is 18.9. The Kier molecular flexibility index (Phi) is 3.98. The normalized spacial score (nSPS) is 14.2. The van der Waals surface area contributed by atoms with E-state index in [-0.39, 0.29) is 12.0 Å². The van der Waals surface area contributed by atoms with E-state index in [0.717, 1.165) is 16.7 Å². The van der Waals surface area contributed by atoms with Gasteiger partial charge in [0.25, 0.3) is 5.91 Å². The molecule has 2 aromatic carbocycles. The van der Waals surface area contributed by atoms with Gasteiger partial charge in [0.2, 0.25) is 5.88 Å². The second kappa shape index (κ2) is 6.43. The molecule has 1 aliphatic heterocycles. The topological polar surface area (TPSA) is 51.7 Å². The molecule has 0 unspecified atom stereocenters. The first kappa shape index (κ1) is 15.4. The number of fused-ring (bicyclic) bond motifs is 1. The van der Waals surface area contributed by atoms with Crippen LogP contribution in [-0.4, -0.2) is 42.1 Å². The first-order valence-electron chi connectivity index (χ1n) is 8.19. The number of hydrogen-bond acceptors (Lipinski definition) is 4. The number of para-hydroxylation sites is 1. The van der Waals surface area contributed by atoms with Gasteiger partial charge in [-0.1, -0.05) is 18.2 Å². The van der Waals surface area contributed by atoms with Gasteiger partial charge in [-0.2, -0.15) is 0 Å². The first-order valence-corrected chi connectivity index (χ1v) is 8.19. The van der Waals surface area contributed by atoms with Gasteiger partial charge in [0, 0.05) is 17.0 Å². The predicted molar refractivity (Wildman–Crippen MR) is 95.1 cm³/mol. The number of hydrogen-bond donors (Lipinski definition) is 0. The van der Waals surface area contributed by atoms with Gasteiger partial charge in [-0.3, -0.25) is 4.79 Å². The van der Waals surface area contributed by atoms with Crippen LogP contribution in [0.2, 0.25) is 0 Å². The largest absolute Gasteiger partial charge is 0.497 e. The minimum Gasteiger partial charge on any atom is -0.497 e. The molecule has 1 fully saturated rings. The Hall–Kier alpha value is -3.08. The van der Waals surface area contributed by atoms with E-state index < -0.39 is 0 Å². The summed E-state index contributed by atoms with van der Waals surface area (Å²) in [4.78, 5) is 18.7. The van der Waals surface area contributed by atoms with E-state index in [2.05, 4.69) is 4.98 Å². The van der Waals surface area contributed by atoms with Crippen molar-refractivity contribution in [1.82, 2.24) is 9.88 Å². The van der Waals surface area contributed by atoms with Crippen molar-refractivity contribution < 1.29 is 14.3 Å². The lowest BCUT2D eigenvalue weighted by atomic mass is 10.1. The first-order chi connectivity index (χ1) is 12.2. The predicted octanol–water partition coefficient (Wildman–Crippen LogP) is 3.15. The number of likely N-dealkylation sites (tertiary alicyclic amines) is 1. The van der Waals surface area contributed by atoms with Crippen LogP contribution in [0.25, 0.3) is 10.9 Å². The molecule has 2 heterocycles. The Morgan fingerprint density at radius 1 is 1.04 bits per heavy atom. The summed E-state index contributed by atoms with van der Waals surface area (Å²) in [6.45, 7) is 1.14. The number of amides is 1. The monoisotopic (exact) mass is 334 g/mol. The molecule has 5 heteroatoms. The molecule has 3 aromatic rings. The minimum absolute atomic E-state index is 0.00831. The second-order valence-corrected chi connectivity index (χ2v) is 6.02. The Morgan fingerprint density at radius 3 is 2.56 bits per heavy atom. The summed E-state index contributed by atoms with van der Waals surface area (Å²) < 4.78 is 11.0. The van der Waals surface area contributed by atoms with Crippen LogP contribution in [0.5, 0.6) is 11.6 Å².